The highest BCUT2D eigenvalue weighted by molar-refractivity contribution is 5.77. The summed E-state index contributed by atoms with van der Waals surface area (Å²) in [7, 11) is 1.77. The van der Waals surface area contributed by atoms with Gasteiger partial charge in [-0.25, -0.2) is 4.39 Å². The largest absolute Gasteiger partial charge is 0.355 e. The van der Waals surface area contributed by atoms with Crippen molar-refractivity contribution in [2.24, 2.45) is 5.73 Å². The molecule has 2 unspecified atom stereocenters. The molecular formula is C14H22FN3O. The number of carbonyl (C=O) groups is 1. The van der Waals surface area contributed by atoms with Gasteiger partial charge in [0.25, 0.3) is 0 Å². The Balaban J connectivity index is 2.89. The summed E-state index contributed by atoms with van der Waals surface area (Å²) in [5, 5.41) is 2.72. The van der Waals surface area contributed by atoms with E-state index in [9.17, 15) is 9.18 Å². The van der Waals surface area contributed by atoms with Crippen LogP contribution in [0.5, 0.6) is 0 Å². The monoisotopic (exact) mass is 267 g/mol. The van der Waals surface area contributed by atoms with Crippen LogP contribution in [0.2, 0.25) is 0 Å². The van der Waals surface area contributed by atoms with Gasteiger partial charge in [0.2, 0.25) is 5.91 Å². The van der Waals surface area contributed by atoms with E-state index in [1.165, 1.54) is 6.07 Å². The molecule has 0 spiro atoms. The number of carbonyl (C=O) groups excluding carboxylic acids is 1. The summed E-state index contributed by atoms with van der Waals surface area (Å²) in [5.41, 5.74) is 6.47. The van der Waals surface area contributed by atoms with Crippen LogP contribution in [-0.4, -0.2) is 37.0 Å². The van der Waals surface area contributed by atoms with Crippen LogP contribution in [0.3, 0.4) is 0 Å². The van der Waals surface area contributed by atoms with Crippen LogP contribution in [0.1, 0.15) is 25.5 Å². The number of benzene rings is 1. The van der Waals surface area contributed by atoms with Gasteiger partial charge in [0, 0.05) is 18.2 Å². The van der Waals surface area contributed by atoms with Gasteiger partial charge in [0.15, 0.2) is 0 Å². The zero-order valence-corrected chi connectivity index (χ0v) is 11.7. The molecule has 2 atom stereocenters. The molecular weight excluding hydrogens is 245 g/mol. The molecule has 1 amide bonds. The molecule has 0 aliphatic carbocycles. The van der Waals surface area contributed by atoms with Gasteiger partial charge < -0.3 is 11.1 Å². The highest BCUT2D eigenvalue weighted by atomic mass is 19.1. The fourth-order valence-corrected chi connectivity index (χ4v) is 2.21. The van der Waals surface area contributed by atoms with E-state index in [1.807, 2.05) is 13.8 Å². The minimum atomic E-state index is -0.330. The van der Waals surface area contributed by atoms with Gasteiger partial charge in [-0.15, -0.1) is 0 Å². The van der Waals surface area contributed by atoms with Crippen LogP contribution in [0, 0.1) is 5.82 Å². The van der Waals surface area contributed by atoms with Gasteiger partial charge in [0.05, 0.1) is 12.6 Å². The zero-order chi connectivity index (χ0) is 14.4. The molecule has 19 heavy (non-hydrogen) atoms. The molecule has 0 radical (unpaired) electrons. The second-order valence-corrected chi connectivity index (χ2v) is 4.69. The SMILES string of the molecule is CCNC(=O)CN(C)C(c1ccccc1F)C(C)N. The molecule has 0 aliphatic rings. The smallest absolute Gasteiger partial charge is 0.234 e. The van der Waals surface area contributed by atoms with Crippen molar-refractivity contribution in [1.29, 1.82) is 0 Å². The predicted molar refractivity (Wildman–Crippen MR) is 74.1 cm³/mol. The summed E-state index contributed by atoms with van der Waals surface area (Å²) in [5.74, 6) is -0.389. The van der Waals surface area contributed by atoms with E-state index in [2.05, 4.69) is 5.32 Å². The maximum Gasteiger partial charge on any atom is 0.234 e. The fourth-order valence-electron chi connectivity index (χ4n) is 2.21. The summed E-state index contributed by atoms with van der Waals surface area (Å²) < 4.78 is 13.9. The van der Waals surface area contributed by atoms with E-state index >= 15 is 0 Å². The molecule has 1 aromatic carbocycles. The number of halogens is 1. The summed E-state index contributed by atoms with van der Waals surface area (Å²) in [4.78, 5) is 13.4. The Morgan fingerprint density at radius 2 is 2.11 bits per heavy atom. The summed E-state index contributed by atoms with van der Waals surface area (Å²) in [6.45, 7) is 4.44. The van der Waals surface area contributed by atoms with Crippen molar-refractivity contribution in [2.75, 3.05) is 20.1 Å². The maximum atomic E-state index is 13.9. The first kappa shape index (κ1) is 15.6. The van der Waals surface area contributed by atoms with Crippen LogP contribution in [0.15, 0.2) is 24.3 Å². The molecule has 0 aromatic heterocycles. The molecule has 0 heterocycles. The lowest BCUT2D eigenvalue weighted by molar-refractivity contribution is -0.122. The van der Waals surface area contributed by atoms with E-state index in [0.717, 1.165) is 0 Å². The molecule has 106 valence electrons. The number of hydrogen-bond donors (Lipinski definition) is 2. The van der Waals surface area contributed by atoms with Crippen molar-refractivity contribution >= 4 is 5.91 Å². The Kier molecular flexibility index (Phi) is 5.92. The van der Waals surface area contributed by atoms with Gasteiger partial charge >= 0.3 is 0 Å². The van der Waals surface area contributed by atoms with E-state index in [-0.39, 0.29) is 30.4 Å². The van der Waals surface area contributed by atoms with Crippen LogP contribution < -0.4 is 11.1 Å². The van der Waals surface area contributed by atoms with Crippen LogP contribution in [0.25, 0.3) is 0 Å². The Hall–Kier alpha value is -1.46. The minimum Gasteiger partial charge on any atom is -0.355 e. The standard InChI is InChI=1S/C14H22FN3O/c1-4-17-13(19)9-18(3)14(10(2)16)11-7-5-6-8-12(11)15/h5-8,10,14H,4,9,16H2,1-3H3,(H,17,19). The van der Waals surface area contributed by atoms with Crippen LogP contribution in [0.4, 0.5) is 4.39 Å². The van der Waals surface area contributed by atoms with Gasteiger partial charge in [-0.2, -0.15) is 0 Å². The Bertz CT molecular complexity index is 423. The van der Waals surface area contributed by atoms with Gasteiger partial charge in [-0.3, -0.25) is 9.69 Å². The van der Waals surface area contributed by atoms with E-state index in [1.54, 1.807) is 30.1 Å². The Morgan fingerprint density at radius 3 is 2.63 bits per heavy atom. The van der Waals surface area contributed by atoms with E-state index < -0.39 is 0 Å². The molecule has 0 saturated heterocycles. The first-order chi connectivity index (χ1) is 8.97. The fraction of sp³-hybridized carbons (Fsp3) is 0.500. The maximum absolute atomic E-state index is 13.9. The average molecular weight is 267 g/mol. The lowest BCUT2D eigenvalue weighted by atomic mass is 9.99. The van der Waals surface area contributed by atoms with Gasteiger partial charge in [-0.1, -0.05) is 18.2 Å². The number of hydrogen-bond acceptors (Lipinski definition) is 3. The first-order valence-corrected chi connectivity index (χ1v) is 6.44. The molecule has 0 bridgehead atoms. The van der Waals surface area contributed by atoms with Crippen molar-refractivity contribution in [3.8, 4) is 0 Å². The highest BCUT2D eigenvalue weighted by Gasteiger charge is 2.25. The van der Waals surface area contributed by atoms with Crippen LogP contribution in [-0.2, 0) is 4.79 Å². The average Bonchev–Trinajstić information content (AvgIpc) is 2.31. The number of nitrogens with one attached hydrogen (secondary N) is 1. The lowest BCUT2D eigenvalue weighted by Crippen LogP contribution is -2.43. The normalized spacial score (nSPS) is 14.2. The Labute approximate surface area is 113 Å². The molecule has 1 aromatic rings. The molecule has 4 nitrogen and oxygen atoms in total. The van der Waals surface area contributed by atoms with Crippen molar-refractivity contribution in [3.63, 3.8) is 0 Å². The van der Waals surface area contributed by atoms with Gasteiger partial charge in [-0.05, 0) is 27.0 Å². The van der Waals surface area contributed by atoms with E-state index in [0.29, 0.717) is 12.1 Å². The van der Waals surface area contributed by atoms with Crippen molar-refractivity contribution in [2.45, 2.75) is 25.9 Å². The summed E-state index contributed by atoms with van der Waals surface area (Å²) in [6.07, 6.45) is 0. The quantitative estimate of drug-likeness (QED) is 0.816. The van der Waals surface area contributed by atoms with Crippen molar-refractivity contribution < 1.29 is 9.18 Å². The number of rotatable bonds is 6. The number of nitrogens with zero attached hydrogens (tertiary/aromatic N) is 1. The summed E-state index contributed by atoms with van der Waals surface area (Å²) in [6, 6.07) is 5.91. The lowest BCUT2D eigenvalue weighted by Gasteiger charge is -2.31. The minimum absolute atomic E-state index is 0.0908. The van der Waals surface area contributed by atoms with Crippen LogP contribution >= 0.6 is 0 Å². The third kappa shape index (κ3) is 4.29. The number of likely N-dealkylation sites (N-methyl/N-ethyl adjacent to an activating group) is 2. The topological polar surface area (TPSA) is 58.4 Å². The third-order valence-electron chi connectivity index (χ3n) is 2.96. The third-order valence-corrected chi connectivity index (χ3v) is 2.96. The van der Waals surface area contributed by atoms with E-state index in [4.69, 9.17) is 5.73 Å². The first-order valence-electron chi connectivity index (χ1n) is 6.44. The number of amides is 1. The van der Waals surface area contributed by atoms with Crippen molar-refractivity contribution in [3.05, 3.63) is 35.6 Å². The highest BCUT2D eigenvalue weighted by Crippen LogP contribution is 2.24. The summed E-state index contributed by atoms with van der Waals surface area (Å²) >= 11 is 0. The molecule has 5 heteroatoms. The molecule has 1 rings (SSSR count). The Morgan fingerprint density at radius 1 is 1.47 bits per heavy atom. The molecule has 0 fully saturated rings. The second kappa shape index (κ2) is 7.21. The number of nitrogens with two attached hydrogens (primary N) is 1. The predicted octanol–water partition coefficient (Wildman–Crippen LogP) is 1.28. The molecule has 3 N–H and O–H groups in total. The van der Waals surface area contributed by atoms with Gasteiger partial charge in [0.1, 0.15) is 5.82 Å². The molecule has 0 aliphatic heterocycles. The molecule has 0 saturated carbocycles. The zero-order valence-electron chi connectivity index (χ0n) is 11.7. The van der Waals surface area contributed by atoms with Crippen molar-refractivity contribution in [1.82, 2.24) is 10.2 Å². The second-order valence-electron chi connectivity index (χ2n) is 4.69.